The summed E-state index contributed by atoms with van der Waals surface area (Å²) in [4.78, 5) is 0. The van der Waals surface area contributed by atoms with Crippen LogP contribution in [0.2, 0.25) is 0 Å². The average Bonchev–Trinajstić information content (AvgIpc) is 2.38. The molecular formula is C18H29NO. The summed E-state index contributed by atoms with van der Waals surface area (Å²) in [5.41, 5.74) is 4.20. The number of benzene rings is 1. The largest absolute Gasteiger partial charge is 0.496 e. The van der Waals surface area contributed by atoms with Crippen LogP contribution in [0.4, 0.5) is 0 Å². The van der Waals surface area contributed by atoms with E-state index in [9.17, 15) is 0 Å². The van der Waals surface area contributed by atoms with Crippen molar-refractivity contribution in [2.75, 3.05) is 20.2 Å². The number of nitrogens with one attached hydrogen (secondary N) is 1. The molecule has 0 amide bonds. The molecule has 1 aromatic rings. The second-order valence-electron chi connectivity index (χ2n) is 7.15. The first-order valence-corrected chi connectivity index (χ1v) is 7.80. The quantitative estimate of drug-likeness (QED) is 0.905. The van der Waals surface area contributed by atoms with Crippen LogP contribution < -0.4 is 10.1 Å². The molecule has 1 aromatic carbocycles. The summed E-state index contributed by atoms with van der Waals surface area (Å²) in [5.74, 6) is 1.90. The van der Waals surface area contributed by atoms with Gasteiger partial charge in [0.15, 0.2) is 0 Å². The standard InChI is InChI=1S/C18H29NO/c1-13-10-15(12-14-6-8-19-9-7-14)17(20-5)16(11-13)18(2,3)4/h10-11,14,19H,6-9,12H2,1-5H3. The molecule has 0 bridgehead atoms. The minimum atomic E-state index is 0.125. The number of hydrogen-bond donors (Lipinski definition) is 1. The van der Waals surface area contributed by atoms with E-state index < -0.39 is 0 Å². The molecule has 2 rings (SSSR count). The fourth-order valence-corrected chi connectivity index (χ4v) is 3.19. The minimum absolute atomic E-state index is 0.125. The Balaban J connectivity index is 2.33. The topological polar surface area (TPSA) is 21.3 Å². The highest BCUT2D eigenvalue weighted by molar-refractivity contribution is 5.48. The highest BCUT2D eigenvalue weighted by atomic mass is 16.5. The predicted molar refractivity (Wildman–Crippen MR) is 85.7 cm³/mol. The van der Waals surface area contributed by atoms with E-state index in [-0.39, 0.29) is 5.41 Å². The van der Waals surface area contributed by atoms with Crippen molar-refractivity contribution >= 4 is 0 Å². The Morgan fingerprint density at radius 2 is 1.85 bits per heavy atom. The second-order valence-corrected chi connectivity index (χ2v) is 7.15. The van der Waals surface area contributed by atoms with Gasteiger partial charge in [-0.25, -0.2) is 0 Å². The second kappa shape index (κ2) is 6.17. The third-order valence-electron chi connectivity index (χ3n) is 4.29. The van der Waals surface area contributed by atoms with Gasteiger partial charge in [0.1, 0.15) is 5.75 Å². The number of ether oxygens (including phenoxy) is 1. The van der Waals surface area contributed by atoms with Gasteiger partial charge in [-0.2, -0.15) is 0 Å². The zero-order chi connectivity index (χ0) is 14.8. The van der Waals surface area contributed by atoms with Crippen LogP contribution in [-0.4, -0.2) is 20.2 Å². The lowest BCUT2D eigenvalue weighted by Gasteiger charge is -2.27. The maximum atomic E-state index is 5.78. The van der Waals surface area contributed by atoms with E-state index in [2.05, 4.69) is 45.1 Å². The van der Waals surface area contributed by atoms with E-state index in [0.29, 0.717) is 0 Å². The molecule has 20 heavy (non-hydrogen) atoms. The molecule has 112 valence electrons. The molecule has 1 aliphatic heterocycles. The van der Waals surface area contributed by atoms with Crippen LogP contribution >= 0.6 is 0 Å². The van der Waals surface area contributed by atoms with Crippen molar-refractivity contribution in [2.24, 2.45) is 5.92 Å². The Bertz CT molecular complexity index is 453. The van der Waals surface area contributed by atoms with E-state index in [1.807, 2.05) is 7.11 Å². The lowest BCUT2D eigenvalue weighted by molar-refractivity contribution is 0.356. The lowest BCUT2D eigenvalue weighted by atomic mass is 9.82. The summed E-state index contributed by atoms with van der Waals surface area (Å²) in [6.07, 6.45) is 3.71. The van der Waals surface area contributed by atoms with E-state index in [0.717, 1.165) is 31.2 Å². The summed E-state index contributed by atoms with van der Waals surface area (Å²) in [6, 6.07) is 4.60. The lowest BCUT2D eigenvalue weighted by Crippen LogP contribution is -2.28. The molecule has 1 fully saturated rings. The van der Waals surface area contributed by atoms with Gasteiger partial charge in [0, 0.05) is 5.56 Å². The van der Waals surface area contributed by atoms with Crippen LogP contribution in [0.5, 0.6) is 5.75 Å². The third-order valence-corrected chi connectivity index (χ3v) is 4.29. The molecule has 0 unspecified atom stereocenters. The third kappa shape index (κ3) is 3.54. The van der Waals surface area contributed by atoms with Crippen molar-refractivity contribution in [1.82, 2.24) is 5.32 Å². The first-order chi connectivity index (χ1) is 9.41. The van der Waals surface area contributed by atoms with Crippen molar-refractivity contribution in [2.45, 2.75) is 52.4 Å². The Kier molecular flexibility index (Phi) is 4.74. The van der Waals surface area contributed by atoms with Crippen LogP contribution in [0.15, 0.2) is 12.1 Å². The van der Waals surface area contributed by atoms with Gasteiger partial charge >= 0.3 is 0 Å². The Morgan fingerprint density at radius 1 is 1.20 bits per heavy atom. The Hall–Kier alpha value is -1.02. The maximum absolute atomic E-state index is 5.78. The monoisotopic (exact) mass is 275 g/mol. The highest BCUT2D eigenvalue weighted by Gasteiger charge is 2.23. The zero-order valence-corrected chi connectivity index (χ0v) is 13.7. The summed E-state index contributed by atoms with van der Waals surface area (Å²) < 4.78 is 5.78. The van der Waals surface area contributed by atoms with Crippen LogP contribution in [0.3, 0.4) is 0 Å². The Morgan fingerprint density at radius 3 is 2.40 bits per heavy atom. The number of rotatable bonds is 3. The molecular weight excluding hydrogens is 246 g/mol. The smallest absolute Gasteiger partial charge is 0.125 e. The van der Waals surface area contributed by atoms with Crippen LogP contribution in [-0.2, 0) is 11.8 Å². The van der Waals surface area contributed by atoms with E-state index >= 15 is 0 Å². The normalized spacial score (nSPS) is 17.2. The van der Waals surface area contributed by atoms with E-state index in [1.54, 1.807) is 0 Å². The van der Waals surface area contributed by atoms with Crippen LogP contribution in [0.1, 0.15) is 50.3 Å². The van der Waals surface area contributed by atoms with Gasteiger partial charge in [-0.3, -0.25) is 0 Å². The SMILES string of the molecule is COc1c(CC2CCNCC2)cc(C)cc1C(C)(C)C. The van der Waals surface area contributed by atoms with Gasteiger partial charge in [0.05, 0.1) is 7.11 Å². The molecule has 0 aliphatic carbocycles. The predicted octanol–water partition coefficient (Wildman–Crippen LogP) is 3.84. The summed E-state index contributed by atoms with van der Waals surface area (Å²) in [7, 11) is 1.81. The van der Waals surface area contributed by atoms with Crippen molar-refractivity contribution in [3.05, 3.63) is 28.8 Å². The van der Waals surface area contributed by atoms with Crippen molar-refractivity contribution in [1.29, 1.82) is 0 Å². The van der Waals surface area contributed by atoms with Gasteiger partial charge in [-0.15, -0.1) is 0 Å². The minimum Gasteiger partial charge on any atom is -0.496 e. The summed E-state index contributed by atoms with van der Waals surface area (Å²) >= 11 is 0. The number of hydrogen-bond acceptors (Lipinski definition) is 2. The average molecular weight is 275 g/mol. The molecule has 0 spiro atoms. The molecule has 0 saturated carbocycles. The number of methoxy groups -OCH3 is 1. The molecule has 0 aromatic heterocycles. The van der Waals surface area contributed by atoms with Gasteiger partial charge < -0.3 is 10.1 Å². The van der Waals surface area contributed by atoms with Crippen LogP contribution in [0.25, 0.3) is 0 Å². The first-order valence-electron chi connectivity index (χ1n) is 7.80. The summed E-state index contributed by atoms with van der Waals surface area (Å²) in [6.45, 7) is 11.3. The molecule has 1 saturated heterocycles. The number of aryl methyl sites for hydroxylation is 1. The Labute approximate surface area is 123 Å². The van der Waals surface area contributed by atoms with Gasteiger partial charge in [-0.1, -0.05) is 38.5 Å². The van der Waals surface area contributed by atoms with Gasteiger partial charge in [0.25, 0.3) is 0 Å². The molecule has 2 heteroatoms. The van der Waals surface area contributed by atoms with Crippen molar-refractivity contribution in [3.8, 4) is 5.75 Å². The van der Waals surface area contributed by atoms with E-state index in [4.69, 9.17) is 4.74 Å². The molecule has 1 heterocycles. The first kappa shape index (κ1) is 15.4. The fraction of sp³-hybridized carbons (Fsp3) is 0.667. The van der Waals surface area contributed by atoms with Gasteiger partial charge in [0.2, 0.25) is 0 Å². The van der Waals surface area contributed by atoms with E-state index in [1.165, 1.54) is 29.5 Å². The highest BCUT2D eigenvalue weighted by Crippen LogP contribution is 2.36. The van der Waals surface area contributed by atoms with Crippen LogP contribution in [0, 0.1) is 12.8 Å². The maximum Gasteiger partial charge on any atom is 0.125 e. The molecule has 1 aliphatic rings. The van der Waals surface area contributed by atoms with Crippen molar-refractivity contribution < 1.29 is 4.74 Å². The number of piperidine rings is 1. The fourth-order valence-electron chi connectivity index (χ4n) is 3.19. The molecule has 1 N–H and O–H groups in total. The molecule has 0 radical (unpaired) electrons. The van der Waals surface area contributed by atoms with Gasteiger partial charge in [-0.05, 0) is 56.2 Å². The zero-order valence-electron chi connectivity index (χ0n) is 13.7. The molecule has 0 atom stereocenters. The molecule has 2 nitrogen and oxygen atoms in total. The van der Waals surface area contributed by atoms with Crippen molar-refractivity contribution in [3.63, 3.8) is 0 Å². The summed E-state index contributed by atoms with van der Waals surface area (Å²) in [5, 5.41) is 3.44.